The summed E-state index contributed by atoms with van der Waals surface area (Å²) in [7, 11) is 0. The number of hydrogen-bond donors (Lipinski definition) is 1. The number of hydrogen-bond acceptors (Lipinski definition) is 1. The molecule has 1 aromatic rings. The molecule has 5 rings (SSSR count). The highest BCUT2D eigenvalue weighted by Crippen LogP contribution is 2.59. The smallest absolute Gasteiger partial charge is 0.251 e. The Morgan fingerprint density at radius 2 is 1.64 bits per heavy atom. The summed E-state index contributed by atoms with van der Waals surface area (Å²) in [6.45, 7) is 0.815. The quantitative estimate of drug-likeness (QED) is 0.831. The van der Waals surface area contributed by atoms with Gasteiger partial charge in [0.25, 0.3) is 5.91 Å². The van der Waals surface area contributed by atoms with Gasteiger partial charge in [0, 0.05) is 12.1 Å². The van der Waals surface area contributed by atoms with Crippen molar-refractivity contribution >= 4 is 29.1 Å². The maximum Gasteiger partial charge on any atom is 0.251 e. The summed E-state index contributed by atoms with van der Waals surface area (Å²) in [5, 5.41) is 4.08. The lowest BCUT2D eigenvalue weighted by Gasteiger charge is -2.56. The lowest BCUT2D eigenvalue weighted by molar-refractivity contribution is -0.0503. The van der Waals surface area contributed by atoms with Crippen LogP contribution in [0.4, 0.5) is 0 Å². The first-order valence-electron chi connectivity index (χ1n) is 8.26. The van der Waals surface area contributed by atoms with Crippen molar-refractivity contribution < 1.29 is 4.79 Å². The van der Waals surface area contributed by atoms with Gasteiger partial charge in [0.05, 0.1) is 10.0 Å². The first-order valence-corrected chi connectivity index (χ1v) is 9.02. The minimum Gasteiger partial charge on any atom is -0.351 e. The van der Waals surface area contributed by atoms with Crippen LogP contribution in [0.2, 0.25) is 10.0 Å². The third-order valence-electron chi connectivity index (χ3n) is 5.97. The zero-order valence-corrected chi connectivity index (χ0v) is 14.1. The average Bonchev–Trinajstić information content (AvgIpc) is 2.46. The van der Waals surface area contributed by atoms with E-state index in [1.807, 2.05) is 0 Å². The van der Waals surface area contributed by atoms with Gasteiger partial charge in [-0.2, -0.15) is 0 Å². The highest BCUT2D eigenvalue weighted by molar-refractivity contribution is 6.42. The van der Waals surface area contributed by atoms with E-state index in [0.29, 0.717) is 21.0 Å². The molecule has 4 saturated carbocycles. The molecule has 0 aromatic heterocycles. The second-order valence-electron chi connectivity index (χ2n) is 7.73. The molecule has 0 unspecified atom stereocenters. The fourth-order valence-corrected chi connectivity index (χ4v) is 5.81. The molecule has 2 nitrogen and oxygen atoms in total. The van der Waals surface area contributed by atoms with Gasteiger partial charge in [-0.1, -0.05) is 23.2 Å². The molecule has 0 radical (unpaired) electrons. The van der Waals surface area contributed by atoms with E-state index in [9.17, 15) is 4.79 Å². The van der Waals surface area contributed by atoms with E-state index in [4.69, 9.17) is 23.2 Å². The van der Waals surface area contributed by atoms with Gasteiger partial charge in [-0.25, -0.2) is 0 Å². The Bertz CT molecular complexity index is 578. The van der Waals surface area contributed by atoms with Crippen molar-refractivity contribution in [2.75, 3.05) is 6.54 Å². The third-order valence-corrected chi connectivity index (χ3v) is 6.71. The first kappa shape index (κ1) is 14.8. The zero-order valence-electron chi connectivity index (χ0n) is 12.6. The minimum absolute atomic E-state index is 0.0330. The number of nitrogens with one attached hydrogen (secondary N) is 1. The minimum atomic E-state index is -0.0330. The van der Waals surface area contributed by atoms with Crippen LogP contribution in [-0.4, -0.2) is 12.5 Å². The summed E-state index contributed by atoms with van der Waals surface area (Å²) < 4.78 is 0. The van der Waals surface area contributed by atoms with Crippen molar-refractivity contribution in [1.82, 2.24) is 5.32 Å². The predicted octanol–water partition coefficient (Wildman–Crippen LogP) is 4.94. The molecule has 0 atom stereocenters. The molecule has 4 aliphatic rings. The van der Waals surface area contributed by atoms with Gasteiger partial charge in [-0.15, -0.1) is 0 Å². The second-order valence-corrected chi connectivity index (χ2v) is 8.54. The van der Waals surface area contributed by atoms with E-state index in [2.05, 4.69) is 5.32 Å². The molecule has 22 heavy (non-hydrogen) atoms. The van der Waals surface area contributed by atoms with E-state index < -0.39 is 0 Å². The molecule has 1 amide bonds. The Labute approximate surface area is 141 Å². The van der Waals surface area contributed by atoms with Gasteiger partial charge in [-0.05, 0) is 79.9 Å². The highest BCUT2D eigenvalue weighted by atomic mass is 35.5. The van der Waals surface area contributed by atoms with Crippen LogP contribution in [0, 0.1) is 23.2 Å². The van der Waals surface area contributed by atoms with Gasteiger partial charge in [0.1, 0.15) is 0 Å². The number of halogens is 2. The maximum atomic E-state index is 12.4. The molecule has 4 fully saturated rings. The lowest BCUT2D eigenvalue weighted by Crippen LogP contribution is -2.51. The summed E-state index contributed by atoms with van der Waals surface area (Å²) in [5.74, 6) is 2.70. The molecule has 0 spiro atoms. The molecular formula is C18H21Cl2NO. The van der Waals surface area contributed by atoms with Crippen LogP contribution in [0.3, 0.4) is 0 Å². The first-order chi connectivity index (χ1) is 10.5. The second kappa shape index (κ2) is 5.42. The number of carbonyl (C=O) groups excluding carboxylic acids is 1. The largest absolute Gasteiger partial charge is 0.351 e. The number of amides is 1. The Hall–Kier alpha value is -0.730. The SMILES string of the molecule is O=C(NCC12CC3CC(CC(C3)C1)C2)c1ccc(Cl)c(Cl)c1. The average molecular weight is 338 g/mol. The van der Waals surface area contributed by atoms with Gasteiger partial charge in [0.2, 0.25) is 0 Å². The van der Waals surface area contributed by atoms with Crippen molar-refractivity contribution in [3.63, 3.8) is 0 Å². The summed E-state index contributed by atoms with van der Waals surface area (Å²) >= 11 is 11.9. The lowest BCUT2D eigenvalue weighted by atomic mass is 9.49. The monoisotopic (exact) mass is 337 g/mol. The van der Waals surface area contributed by atoms with Crippen LogP contribution in [0.1, 0.15) is 48.9 Å². The van der Waals surface area contributed by atoms with Crippen LogP contribution in [0.25, 0.3) is 0 Å². The number of rotatable bonds is 3. The Kier molecular flexibility index (Phi) is 3.65. The molecule has 118 valence electrons. The molecule has 1 aromatic carbocycles. The van der Waals surface area contributed by atoms with Crippen LogP contribution in [0.5, 0.6) is 0 Å². The van der Waals surface area contributed by atoms with Gasteiger partial charge in [-0.3, -0.25) is 4.79 Å². The molecule has 4 bridgehead atoms. The molecule has 0 heterocycles. The molecular weight excluding hydrogens is 317 g/mol. The van der Waals surface area contributed by atoms with E-state index in [1.165, 1.54) is 38.5 Å². The van der Waals surface area contributed by atoms with E-state index >= 15 is 0 Å². The molecule has 4 heteroatoms. The Morgan fingerprint density at radius 3 is 2.18 bits per heavy atom. The standard InChI is InChI=1S/C18H21Cl2NO/c19-15-2-1-14(6-16(15)20)17(22)21-10-18-7-11-3-12(8-18)5-13(4-11)9-18/h1-2,6,11-13H,3-5,7-10H2,(H,21,22). The number of benzene rings is 1. The fourth-order valence-electron chi connectivity index (χ4n) is 5.51. The number of carbonyl (C=O) groups is 1. The highest BCUT2D eigenvalue weighted by Gasteiger charge is 2.50. The maximum absolute atomic E-state index is 12.4. The Morgan fingerprint density at radius 1 is 1.05 bits per heavy atom. The summed E-state index contributed by atoms with van der Waals surface area (Å²) in [5.41, 5.74) is 0.958. The van der Waals surface area contributed by atoms with E-state index in [-0.39, 0.29) is 5.91 Å². The van der Waals surface area contributed by atoms with Crippen molar-refractivity contribution in [1.29, 1.82) is 0 Å². The van der Waals surface area contributed by atoms with Crippen molar-refractivity contribution in [2.45, 2.75) is 38.5 Å². The van der Waals surface area contributed by atoms with E-state index in [1.54, 1.807) is 18.2 Å². The van der Waals surface area contributed by atoms with Crippen LogP contribution in [-0.2, 0) is 0 Å². The van der Waals surface area contributed by atoms with Crippen LogP contribution < -0.4 is 5.32 Å². The predicted molar refractivity (Wildman–Crippen MR) is 89.4 cm³/mol. The van der Waals surface area contributed by atoms with Crippen LogP contribution >= 0.6 is 23.2 Å². The Balaban J connectivity index is 1.44. The van der Waals surface area contributed by atoms with Crippen molar-refractivity contribution in [3.8, 4) is 0 Å². The van der Waals surface area contributed by atoms with E-state index in [0.717, 1.165) is 24.3 Å². The van der Waals surface area contributed by atoms with Crippen LogP contribution in [0.15, 0.2) is 18.2 Å². The zero-order chi connectivity index (χ0) is 15.3. The summed E-state index contributed by atoms with van der Waals surface area (Å²) in [6, 6.07) is 5.08. The fraction of sp³-hybridized carbons (Fsp3) is 0.611. The molecule has 1 N–H and O–H groups in total. The third kappa shape index (κ3) is 2.65. The normalized spacial score (nSPS) is 35.6. The van der Waals surface area contributed by atoms with Crippen molar-refractivity contribution in [3.05, 3.63) is 33.8 Å². The van der Waals surface area contributed by atoms with Gasteiger partial charge in [0.15, 0.2) is 0 Å². The van der Waals surface area contributed by atoms with Gasteiger partial charge >= 0.3 is 0 Å². The van der Waals surface area contributed by atoms with Crippen molar-refractivity contribution in [2.24, 2.45) is 23.2 Å². The molecule has 0 saturated heterocycles. The summed E-state index contributed by atoms with van der Waals surface area (Å²) in [6.07, 6.45) is 8.21. The topological polar surface area (TPSA) is 29.1 Å². The summed E-state index contributed by atoms with van der Waals surface area (Å²) in [4.78, 5) is 12.4. The molecule has 4 aliphatic carbocycles. The van der Waals surface area contributed by atoms with Gasteiger partial charge < -0.3 is 5.32 Å². The molecule has 0 aliphatic heterocycles.